The van der Waals surface area contributed by atoms with E-state index in [-0.39, 0.29) is 17.8 Å². The Kier molecular flexibility index (Phi) is 4.74. The lowest BCUT2D eigenvalue weighted by atomic mass is 9.98. The van der Waals surface area contributed by atoms with Gasteiger partial charge in [0, 0.05) is 25.3 Å². The summed E-state index contributed by atoms with van der Waals surface area (Å²) >= 11 is 0. The highest BCUT2D eigenvalue weighted by Crippen LogP contribution is 2.22. The van der Waals surface area contributed by atoms with Gasteiger partial charge in [-0.1, -0.05) is 6.07 Å². The molecule has 0 bridgehead atoms. The van der Waals surface area contributed by atoms with Gasteiger partial charge in [0.2, 0.25) is 0 Å². The van der Waals surface area contributed by atoms with Crippen molar-refractivity contribution in [2.24, 2.45) is 5.92 Å². The molecule has 0 saturated carbocycles. The maximum Gasteiger partial charge on any atom is 0.254 e. The molecule has 0 aromatic heterocycles. The number of carbonyl (C=O) groups is 1. The lowest BCUT2D eigenvalue weighted by Crippen LogP contribution is -2.53. The van der Waals surface area contributed by atoms with Crippen LogP contribution in [0.25, 0.3) is 0 Å². The van der Waals surface area contributed by atoms with Gasteiger partial charge in [-0.3, -0.25) is 4.79 Å². The largest absolute Gasteiger partial charge is 0.381 e. The fourth-order valence-electron chi connectivity index (χ4n) is 2.90. The molecule has 0 spiro atoms. The van der Waals surface area contributed by atoms with Crippen LogP contribution in [0.5, 0.6) is 0 Å². The molecule has 2 fully saturated rings. The van der Waals surface area contributed by atoms with Crippen LogP contribution in [-0.4, -0.2) is 49.8 Å². The number of nitrogens with zero attached hydrogens (tertiary/aromatic N) is 1. The maximum atomic E-state index is 13.7. The van der Waals surface area contributed by atoms with Crippen LogP contribution in [0.1, 0.15) is 28.8 Å². The van der Waals surface area contributed by atoms with Crippen LogP contribution in [0.4, 0.5) is 4.39 Å². The number of hydrogen-bond donors (Lipinski definition) is 0. The third-order valence-electron chi connectivity index (χ3n) is 4.54. The number of amides is 1. The molecule has 3 rings (SSSR count). The van der Waals surface area contributed by atoms with Gasteiger partial charge in [0.1, 0.15) is 5.82 Å². The first-order valence-corrected chi connectivity index (χ1v) is 7.88. The molecule has 1 aromatic rings. The molecule has 1 amide bonds. The van der Waals surface area contributed by atoms with E-state index in [2.05, 4.69) is 0 Å². The Bertz CT molecular complexity index is 539. The molecule has 2 heterocycles. The fraction of sp³-hybridized carbons (Fsp3) is 0.588. The van der Waals surface area contributed by atoms with E-state index in [1.807, 2.05) is 4.90 Å². The summed E-state index contributed by atoms with van der Waals surface area (Å²) in [6, 6.07) is 4.82. The minimum Gasteiger partial charge on any atom is -0.381 e. The van der Waals surface area contributed by atoms with Gasteiger partial charge in [0.15, 0.2) is 0 Å². The first-order chi connectivity index (χ1) is 10.6. The second-order valence-corrected chi connectivity index (χ2v) is 6.17. The second-order valence-electron chi connectivity index (χ2n) is 6.17. The summed E-state index contributed by atoms with van der Waals surface area (Å²) in [6.45, 7) is 5.06. The lowest BCUT2D eigenvalue weighted by molar-refractivity contribution is -0.0618. The van der Waals surface area contributed by atoms with Gasteiger partial charge >= 0.3 is 0 Å². The predicted octanol–water partition coefficient (Wildman–Crippen LogP) is 2.40. The monoisotopic (exact) mass is 307 g/mol. The van der Waals surface area contributed by atoms with E-state index in [1.165, 1.54) is 6.07 Å². The minimum absolute atomic E-state index is 0.0984. The minimum atomic E-state index is -0.332. The van der Waals surface area contributed by atoms with Crippen LogP contribution in [0.2, 0.25) is 0 Å². The van der Waals surface area contributed by atoms with Gasteiger partial charge in [-0.15, -0.1) is 0 Å². The van der Waals surface area contributed by atoms with Crippen molar-refractivity contribution in [2.45, 2.75) is 25.8 Å². The quantitative estimate of drug-likeness (QED) is 0.857. The molecule has 2 saturated heterocycles. The molecule has 0 N–H and O–H groups in total. The van der Waals surface area contributed by atoms with Crippen LogP contribution in [0.3, 0.4) is 0 Å². The van der Waals surface area contributed by atoms with E-state index in [4.69, 9.17) is 9.47 Å². The Morgan fingerprint density at radius 3 is 2.59 bits per heavy atom. The van der Waals surface area contributed by atoms with E-state index >= 15 is 0 Å². The maximum absolute atomic E-state index is 13.7. The van der Waals surface area contributed by atoms with Crippen LogP contribution in [-0.2, 0) is 9.47 Å². The van der Waals surface area contributed by atoms with Crippen LogP contribution in [0.15, 0.2) is 18.2 Å². The van der Waals surface area contributed by atoms with Crippen LogP contribution in [0, 0.1) is 18.7 Å². The summed E-state index contributed by atoms with van der Waals surface area (Å²) in [4.78, 5) is 14.7. The number of carbonyl (C=O) groups excluding carboxylic acids is 1. The van der Waals surface area contributed by atoms with Crippen molar-refractivity contribution in [1.29, 1.82) is 0 Å². The zero-order chi connectivity index (χ0) is 15.5. The standard InChI is InChI=1S/C17H22FNO3/c1-12-2-3-14(8-16(12)18)17(20)19(15-10-22-11-15)9-13-4-6-21-7-5-13/h2-3,8,13,15H,4-7,9-11H2,1H3. The van der Waals surface area contributed by atoms with Crippen molar-refractivity contribution in [3.05, 3.63) is 35.1 Å². The first kappa shape index (κ1) is 15.4. The summed E-state index contributed by atoms with van der Waals surface area (Å²) in [7, 11) is 0. The Morgan fingerprint density at radius 1 is 1.27 bits per heavy atom. The summed E-state index contributed by atoms with van der Waals surface area (Å²) in [5.74, 6) is 0.0222. The molecule has 22 heavy (non-hydrogen) atoms. The Labute approximate surface area is 130 Å². The molecular formula is C17H22FNO3. The molecule has 0 radical (unpaired) electrons. The van der Waals surface area contributed by atoms with Crippen molar-refractivity contribution in [1.82, 2.24) is 4.90 Å². The topological polar surface area (TPSA) is 38.8 Å². The average Bonchev–Trinajstić information content (AvgIpc) is 2.48. The van der Waals surface area contributed by atoms with Crippen molar-refractivity contribution in [3.8, 4) is 0 Å². The Hall–Kier alpha value is -1.46. The summed E-state index contributed by atoms with van der Waals surface area (Å²) in [5, 5.41) is 0. The van der Waals surface area contributed by atoms with Gasteiger partial charge in [-0.2, -0.15) is 0 Å². The van der Waals surface area contributed by atoms with Gasteiger partial charge in [-0.25, -0.2) is 4.39 Å². The second kappa shape index (κ2) is 6.75. The van der Waals surface area contributed by atoms with Crippen molar-refractivity contribution in [3.63, 3.8) is 0 Å². The highest BCUT2D eigenvalue weighted by molar-refractivity contribution is 5.94. The normalized spacial score (nSPS) is 19.7. The summed E-state index contributed by atoms with van der Waals surface area (Å²) in [6.07, 6.45) is 1.94. The molecular weight excluding hydrogens is 285 g/mol. The summed E-state index contributed by atoms with van der Waals surface area (Å²) in [5.41, 5.74) is 0.974. The number of hydrogen-bond acceptors (Lipinski definition) is 3. The van der Waals surface area contributed by atoms with Crippen molar-refractivity contribution >= 4 is 5.91 Å². The van der Waals surface area contributed by atoms with Gasteiger partial charge in [0.25, 0.3) is 5.91 Å². The van der Waals surface area contributed by atoms with Crippen molar-refractivity contribution in [2.75, 3.05) is 33.0 Å². The highest BCUT2D eigenvalue weighted by atomic mass is 19.1. The smallest absolute Gasteiger partial charge is 0.254 e. The van der Waals surface area contributed by atoms with Crippen LogP contribution >= 0.6 is 0 Å². The molecule has 5 heteroatoms. The zero-order valence-corrected chi connectivity index (χ0v) is 12.9. The lowest BCUT2D eigenvalue weighted by Gasteiger charge is -2.40. The van der Waals surface area contributed by atoms with E-state index in [9.17, 15) is 9.18 Å². The summed E-state index contributed by atoms with van der Waals surface area (Å²) < 4.78 is 24.4. The van der Waals surface area contributed by atoms with Crippen molar-refractivity contribution < 1.29 is 18.7 Å². The molecule has 0 atom stereocenters. The highest BCUT2D eigenvalue weighted by Gasteiger charge is 2.32. The predicted molar refractivity (Wildman–Crippen MR) is 80.3 cm³/mol. The number of rotatable bonds is 4. The molecule has 0 unspecified atom stereocenters. The molecule has 0 aliphatic carbocycles. The SMILES string of the molecule is Cc1ccc(C(=O)N(CC2CCOCC2)C2COC2)cc1F. The van der Waals surface area contributed by atoms with Gasteiger partial charge in [0.05, 0.1) is 19.3 Å². The molecule has 1 aromatic carbocycles. The average molecular weight is 307 g/mol. The zero-order valence-electron chi connectivity index (χ0n) is 12.9. The van der Waals surface area contributed by atoms with Gasteiger partial charge in [-0.05, 0) is 43.4 Å². The third kappa shape index (κ3) is 3.31. The third-order valence-corrected chi connectivity index (χ3v) is 4.54. The van der Waals surface area contributed by atoms with E-state index in [0.717, 1.165) is 26.1 Å². The number of ether oxygens (including phenoxy) is 2. The van der Waals surface area contributed by atoms with E-state index < -0.39 is 0 Å². The molecule has 2 aliphatic rings. The molecule has 2 aliphatic heterocycles. The number of benzene rings is 1. The van der Waals surface area contributed by atoms with E-state index in [0.29, 0.717) is 36.8 Å². The fourth-order valence-corrected chi connectivity index (χ4v) is 2.90. The molecule has 120 valence electrons. The first-order valence-electron chi connectivity index (χ1n) is 7.88. The van der Waals surface area contributed by atoms with E-state index in [1.54, 1.807) is 19.1 Å². The van der Waals surface area contributed by atoms with Gasteiger partial charge < -0.3 is 14.4 Å². The number of halogens is 1. The molecule has 4 nitrogen and oxygen atoms in total. The van der Waals surface area contributed by atoms with Crippen LogP contribution < -0.4 is 0 Å². The number of aryl methyl sites for hydroxylation is 1. The Morgan fingerprint density at radius 2 is 2.00 bits per heavy atom. The Balaban J connectivity index is 1.75.